The molecule has 3 fully saturated rings. The van der Waals surface area contributed by atoms with Gasteiger partial charge < -0.3 is 24.8 Å². The maximum absolute atomic E-state index is 13.6. The molecule has 2 amide bonds. The molecule has 3 rings (SSSR count). The van der Waals surface area contributed by atoms with Gasteiger partial charge in [0.2, 0.25) is 11.8 Å². The zero-order chi connectivity index (χ0) is 33.5. The minimum atomic E-state index is -0.832. The highest BCUT2D eigenvalue weighted by molar-refractivity contribution is 5.84. The Balaban J connectivity index is 1.32. The number of carbonyl (C=O) groups is 3. The standard InChI is InChI=1S/C38H68N2O6/c1-6-7-8-9-10-11-12-13-14-15-16-17-20-25-38(26-21-27-38)35(43)40-30-22-18-19-23-31(30)45-32(41)24-28-39-34(42)33-36(2,3)29-44-37(4,5)46-33/h30-31,33H,6-29H2,1-5H3,(H,39,42)(H,40,43). The van der Waals surface area contributed by atoms with Gasteiger partial charge in [0, 0.05) is 17.4 Å². The highest BCUT2D eigenvalue weighted by atomic mass is 16.7. The molecule has 0 radical (unpaired) electrons. The molecule has 3 unspecified atom stereocenters. The smallest absolute Gasteiger partial charge is 0.307 e. The number of nitrogens with one attached hydrogen (secondary N) is 2. The maximum atomic E-state index is 13.6. The van der Waals surface area contributed by atoms with Crippen molar-refractivity contribution in [3.63, 3.8) is 0 Å². The van der Waals surface area contributed by atoms with E-state index in [0.29, 0.717) is 6.61 Å². The second-order valence-electron chi connectivity index (χ2n) is 15.7. The minimum absolute atomic E-state index is 0.0823. The molecule has 1 aliphatic heterocycles. The van der Waals surface area contributed by atoms with Crippen molar-refractivity contribution in [2.45, 2.75) is 200 Å². The predicted molar refractivity (Wildman–Crippen MR) is 183 cm³/mol. The molecule has 1 heterocycles. The lowest BCUT2D eigenvalue weighted by molar-refractivity contribution is -0.304. The molecule has 266 valence electrons. The lowest BCUT2D eigenvalue weighted by atomic mass is 9.65. The molecular formula is C38H68N2O6. The van der Waals surface area contributed by atoms with Crippen molar-refractivity contribution in [3.8, 4) is 0 Å². The molecule has 1 saturated heterocycles. The summed E-state index contributed by atoms with van der Waals surface area (Å²) in [5, 5.41) is 6.19. The minimum Gasteiger partial charge on any atom is -0.460 e. The van der Waals surface area contributed by atoms with Crippen LogP contribution in [0.25, 0.3) is 0 Å². The summed E-state index contributed by atoms with van der Waals surface area (Å²) in [6, 6.07) is -0.136. The fraction of sp³-hybridized carbons (Fsp3) is 0.921. The van der Waals surface area contributed by atoms with E-state index in [9.17, 15) is 14.4 Å². The van der Waals surface area contributed by atoms with Crippen molar-refractivity contribution < 1.29 is 28.6 Å². The molecule has 0 spiro atoms. The Morgan fingerprint density at radius 2 is 1.37 bits per heavy atom. The van der Waals surface area contributed by atoms with Crippen molar-refractivity contribution in [1.82, 2.24) is 10.6 Å². The molecule has 0 aromatic heterocycles. The van der Waals surface area contributed by atoms with Gasteiger partial charge in [-0.05, 0) is 52.4 Å². The van der Waals surface area contributed by atoms with Crippen molar-refractivity contribution in [3.05, 3.63) is 0 Å². The van der Waals surface area contributed by atoms with Gasteiger partial charge in [0.25, 0.3) is 0 Å². The van der Waals surface area contributed by atoms with E-state index >= 15 is 0 Å². The number of esters is 1. The average molecular weight is 649 g/mol. The van der Waals surface area contributed by atoms with Gasteiger partial charge >= 0.3 is 5.97 Å². The Hall–Kier alpha value is -1.67. The first kappa shape index (κ1) is 38.8. The normalized spacial score (nSPS) is 24.8. The summed E-state index contributed by atoms with van der Waals surface area (Å²) in [6.07, 6.45) is 24.0. The third kappa shape index (κ3) is 12.7. The summed E-state index contributed by atoms with van der Waals surface area (Å²) in [6.45, 7) is 10.3. The fourth-order valence-corrected chi connectivity index (χ4v) is 7.33. The molecule has 8 heteroatoms. The van der Waals surface area contributed by atoms with E-state index in [2.05, 4.69) is 17.6 Å². The van der Waals surface area contributed by atoms with E-state index in [0.717, 1.165) is 57.8 Å². The molecular weight excluding hydrogens is 580 g/mol. The lowest BCUT2D eigenvalue weighted by Crippen LogP contribution is -2.56. The summed E-state index contributed by atoms with van der Waals surface area (Å²) >= 11 is 0. The monoisotopic (exact) mass is 649 g/mol. The van der Waals surface area contributed by atoms with Crippen LogP contribution in [0.3, 0.4) is 0 Å². The first-order valence-corrected chi connectivity index (χ1v) is 19.1. The number of amides is 2. The third-order valence-electron chi connectivity index (χ3n) is 10.6. The molecule has 46 heavy (non-hydrogen) atoms. The van der Waals surface area contributed by atoms with Crippen LogP contribution in [0.5, 0.6) is 0 Å². The Morgan fingerprint density at radius 3 is 1.96 bits per heavy atom. The quantitative estimate of drug-likeness (QED) is 0.0959. The molecule has 0 bridgehead atoms. The van der Waals surface area contributed by atoms with E-state index in [-0.39, 0.29) is 48.3 Å². The van der Waals surface area contributed by atoms with E-state index in [1.165, 1.54) is 77.0 Å². The number of hydrogen-bond donors (Lipinski definition) is 2. The van der Waals surface area contributed by atoms with Gasteiger partial charge in [0.1, 0.15) is 12.2 Å². The number of rotatable bonds is 21. The van der Waals surface area contributed by atoms with Gasteiger partial charge in [-0.2, -0.15) is 0 Å². The number of carbonyl (C=O) groups excluding carboxylic acids is 3. The Kier molecular flexibility index (Phi) is 16.3. The number of unbranched alkanes of at least 4 members (excludes halogenated alkanes) is 12. The number of hydrogen-bond acceptors (Lipinski definition) is 6. The Labute approximate surface area is 280 Å². The van der Waals surface area contributed by atoms with E-state index < -0.39 is 17.3 Å². The summed E-state index contributed by atoms with van der Waals surface area (Å²) < 4.78 is 17.5. The molecule has 0 aromatic rings. The maximum Gasteiger partial charge on any atom is 0.307 e. The van der Waals surface area contributed by atoms with E-state index in [1.54, 1.807) is 13.8 Å². The molecule has 2 aliphatic carbocycles. The van der Waals surface area contributed by atoms with Crippen LogP contribution < -0.4 is 10.6 Å². The fourth-order valence-electron chi connectivity index (χ4n) is 7.33. The van der Waals surface area contributed by atoms with Crippen LogP contribution in [-0.4, -0.2) is 55.0 Å². The molecule has 8 nitrogen and oxygen atoms in total. The number of ether oxygens (including phenoxy) is 3. The van der Waals surface area contributed by atoms with Crippen molar-refractivity contribution in [2.75, 3.05) is 13.2 Å². The largest absolute Gasteiger partial charge is 0.460 e. The van der Waals surface area contributed by atoms with Gasteiger partial charge in [-0.1, -0.05) is 117 Å². The summed E-state index contributed by atoms with van der Waals surface area (Å²) in [5.74, 6) is -1.25. The van der Waals surface area contributed by atoms with Gasteiger partial charge in [-0.25, -0.2) is 0 Å². The second-order valence-corrected chi connectivity index (χ2v) is 15.7. The average Bonchev–Trinajstić information content (AvgIpc) is 2.99. The van der Waals surface area contributed by atoms with Crippen LogP contribution in [0.1, 0.15) is 176 Å². The zero-order valence-electron chi connectivity index (χ0n) is 30.2. The Morgan fingerprint density at radius 1 is 0.783 bits per heavy atom. The summed E-state index contributed by atoms with van der Waals surface area (Å²) in [5.41, 5.74) is -0.708. The van der Waals surface area contributed by atoms with Crippen molar-refractivity contribution in [2.24, 2.45) is 10.8 Å². The topological polar surface area (TPSA) is 103 Å². The first-order valence-electron chi connectivity index (χ1n) is 19.1. The van der Waals surface area contributed by atoms with Crippen LogP contribution in [0.15, 0.2) is 0 Å². The van der Waals surface area contributed by atoms with E-state index in [4.69, 9.17) is 14.2 Å². The SMILES string of the molecule is CCCCCCCCCCCCCCCC1(C(=O)NC2CCCCC2OC(=O)CCNC(=O)C2OC(C)(C)OCC2(C)C)CCC1. The van der Waals surface area contributed by atoms with Crippen LogP contribution in [0.4, 0.5) is 0 Å². The second kappa shape index (κ2) is 19.4. The molecule has 3 atom stereocenters. The third-order valence-corrected chi connectivity index (χ3v) is 10.6. The first-order chi connectivity index (χ1) is 22.0. The highest BCUT2D eigenvalue weighted by Gasteiger charge is 2.46. The van der Waals surface area contributed by atoms with Crippen LogP contribution in [-0.2, 0) is 28.6 Å². The van der Waals surface area contributed by atoms with Crippen molar-refractivity contribution >= 4 is 17.8 Å². The van der Waals surface area contributed by atoms with Crippen LogP contribution in [0, 0.1) is 10.8 Å². The van der Waals surface area contributed by atoms with E-state index in [1.807, 2.05) is 13.8 Å². The van der Waals surface area contributed by atoms with Gasteiger partial charge in [-0.3, -0.25) is 14.4 Å². The van der Waals surface area contributed by atoms with Crippen LogP contribution in [0.2, 0.25) is 0 Å². The van der Waals surface area contributed by atoms with Gasteiger partial charge in [0.15, 0.2) is 5.79 Å². The Bertz CT molecular complexity index is 930. The molecule has 2 saturated carbocycles. The molecule has 0 aromatic carbocycles. The summed E-state index contributed by atoms with van der Waals surface area (Å²) in [4.78, 5) is 39.3. The molecule has 3 aliphatic rings. The highest BCUT2D eigenvalue weighted by Crippen LogP contribution is 2.46. The molecule has 2 N–H and O–H groups in total. The van der Waals surface area contributed by atoms with Crippen LogP contribution >= 0.6 is 0 Å². The van der Waals surface area contributed by atoms with Gasteiger partial charge in [-0.15, -0.1) is 0 Å². The van der Waals surface area contributed by atoms with Gasteiger partial charge in [0.05, 0.1) is 19.1 Å². The zero-order valence-corrected chi connectivity index (χ0v) is 30.2. The van der Waals surface area contributed by atoms with Crippen molar-refractivity contribution in [1.29, 1.82) is 0 Å². The lowest BCUT2D eigenvalue weighted by Gasteiger charge is -2.44. The predicted octanol–water partition coefficient (Wildman–Crippen LogP) is 8.29. The summed E-state index contributed by atoms with van der Waals surface area (Å²) in [7, 11) is 0.